The second-order valence-corrected chi connectivity index (χ2v) is 10.7. The fraction of sp³-hybridized carbons (Fsp3) is 0.478. The zero-order valence-corrected chi connectivity index (χ0v) is 17.8. The molecule has 5 rings (SSSR count). The highest BCUT2D eigenvalue weighted by molar-refractivity contribution is 7.89. The van der Waals surface area contributed by atoms with Crippen molar-refractivity contribution in [3.63, 3.8) is 0 Å². The minimum absolute atomic E-state index is 0.0919. The van der Waals surface area contributed by atoms with E-state index in [1.165, 1.54) is 16.1 Å². The van der Waals surface area contributed by atoms with Crippen LogP contribution in [0.5, 0.6) is 0 Å². The molecule has 158 valence electrons. The summed E-state index contributed by atoms with van der Waals surface area (Å²) < 4.78 is 27.3. The van der Waals surface area contributed by atoms with Crippen LogP contribution in [0.4, 0.5) is 0 Å². The topological polar surface area (TPSA) is 70.6 Å². The fourth-order valence-electron chi connectivity index (χ4n) is 5.69. The van der Waals surface area contributed by atoms with Crippen molar-refractivity contribution in [1.82, 2.24) is 14.2 Å². The number of rotatable bonds is 4. The zero-order chi connectivity index (χ0) is 20.8. The van der Waals surface area contributed by atoms with Gasteiger partial charge >= 0.3 is 0 Å². The van der Waals surface area contributed by atoms with Crippen LogP contribution in [0.1, 0.15) is 50.1 Å². The van der Waals surface area contributed by atoms with Crippen LogP contribution in [0.15, 0.2) is 59.8 Å². The molecule has 0 bridgehead atoms. The Morgan fingerprint density at radius 1 is 0.967 bits per heavy atom. The fourth-order valence-corrected chi connectivity index (χ4v) is 7.12. The molecule has 3 aliphatic rings. The smallest absolute Gasteiger partial charge is 0.244 e. The molecule has 1 unspecified atom stereocenters. The molecule has 2 aliphatic heterocycles. The van der Waals surface area contributed by atoms with Gasteiger partial charge in [-0.15, -0.1) is 0 Å². The first-order chi connectivity index (χ1) is 14.5. The first kappa shape index (κ1) is 19.7. The van der Waals surface area contributed by atoms with Gasteiger partial charge in [-0.05, 0) is 43.4 Å². The molecule has 1 spiro atoms. The highest BCUT2D eigenvalue weighted by atomic mass is 32.2. The van der Waals surface area contributed by atoms with Gasteiger partial charge in [0.15, 0.2) is 0 Å². The number of hydrogen-bond acceptors (Lipinski definition) is 4. The summed E-state index contributed by atoms with van der Waals surface area (Å²) in [4.78, 5) is 19.6. The van der Waals surface area contributed by atoms with Crippen molar-refractivity contribution in [3.05, 3.63) is 60.4 Å². The Kier molecular flexibility index (Phi) is 4.90. The Hall–Kier alpha value is -2.25. The number of sulfonamides is 1. The number of pyridine rings is 1. The van der Waals surface area contributed by atoms with Gasteiger partial charge in [0, 0.05) is 31.5 Å². The monoisotopic (exact) mass is 425 g/mol. The standard InChI is InChI=1S/C23H27N3O3S/c27-22-23(12-4-5-13-23)21(18-7-2-1-3-8-18)26(22)19-10-15-25(16-11-19)30(28,29)20-9-6-14-24-17-20/h1-3,6-9,14,17,19,21H,4-5,10-13,15-16H2. The summed E-state index contributed by atoms with van der Waals surface area (Å²) in [5.74, 6) is 0.280. The highest BCUT2D eigenvalue weighted by Gasteiger charge is 2.63. The Morgan fingerprint density at radius 2 is 1.67 bits per heavy atom. The molecule has 2 aromatic rings. The number of likely N-dealkylation sites (tertiary alicyclic amines) is 1. The van der Waals surface area contributed by atoms with E-state index in [-0.39, 0.29) is 28.3 Å². The number of benzene rings is 1. The third kappa shape index (κ3) is 2.98. The molecule has 1 aliphatic carbocycles. The van der Waals surface area contributed by atoms with E-state index in [4.69, 9.17) is 0 Å². The number of hydrogen-bond donors (Lipinski definition) is 0. The van der Waals surface area contributed by atoms with Gasteiger partial charge in [-0.3, -0.25) is 9.78 Å². The van der Waals surface area contributed by atoms with Crippen molar-refractivity contribution < 1.29 is 13.2 Å². The number of amides is 1. The highest BCUT2D eigenvalue weighted by Crippen LogP contribution is 2.60. The second-order valence-electron chi connectivity index (χ2n) is 8.71. The summed E-state index contributed by atoms with van der Waals surface area (Å²) in [6, 6.07) is 13.8. The van der Waals surface area contributed by atoms with Crippen LogP contribution >= 0.6 is 0 Å². The molecule has 0 radical (unpaired) electrons. The Labute approximate surface area is 178 Å². The van der Waals surface area contributed by atoms with E-state index in [0.29, 0.717) is 25.9 Å². The number of nitrogens with zero attached hydrogens (tertiary/aromatic N) is 3. The molecule has 3 heterocycles. The summed E-state index contributed by atoms with van der Waals surface area (Å²) >= 11 is 0. The van der Waals surface area contributed by atoms with Gasteiger partial charge in [0.1, 0.15) is 4.90 Å². The maximum absolute atomic E-state index is 13.4. The maximum Gasteiger partial charge on any atom is 0.244 e. The molecule has 3 fully saturated rings. The van der Waals surface area contributed by atoms with E-state index in [0.717, 1.165) is 25.7 Å². The number of β-lactam (4-membered cyclic amide) rings is 1. The predicted octanol–water partition coefficient (Wildman–Crippen LogP) is 3.38. The molecule has 1 amide bonds. The maximum atomic E-state index is 13.4. The summed E-state index contributed by atoms with van der Waals surface area (Å²) in [6.07, 6.45) is 8.48. The number of piperidine rings is 1. The van der Waals surface area contributed by atoms with E-state index in [9.17, 15) is 13.2 Å². The van der Waals surface area contributed by atoms with Crippen LogP contribution in [0.3, 0.4) is 0 Å². The second kappa shape index (κ2) is 7.46. The van der Waals surface area contributed by atoms with Crippen molar-refractivity contribution >= 4 is 15.9 Å². The zero-order valence-electron chi connectivity index (χ0n) is 17.0. The van der Waals surface area contributed by atoms with Gasteiger partial charge in [0.2, 0.25) is 15.9 Å². The quantitative estimate of drug-likeness (QED) is 0.704. The summed E-state index contributed by atoms with van der Waals surface area (Å²) in [6.45, 7) is 0.861. The van der Waals surface area contributed by atoms with Gasteiger partial charge in [-0.1, -0.05) is 43.2 Å². The largest absolute Gasteiger partial charge is 0.331 e. The summed E-state index contributed by atoms with van der Waals surface area (Å²) in [7, 11) is -3.53. The SMILES string of the molecule is O=C1N(C2CCN(S(=O)(=O)c3cccnc3)CC2)C(c2ccccc2)C12CCCC2. The van der Waals surface area contributed by atoms with Crippen molar-refractivity contribution in [2.24, 2.45) is 5.41 Å². The molecule has 0 N–H and O–H groups in total. The molecule has 30 heavy (non-hydrogen) atoms. The summed E-state index contributed by atoms with van der Waals surface area (Å²) in [5.41, 5.74) is 0.977. The third-order valence-corrected chi connectivity index (χ3v) is 9.04. The van der Waals surface area contributed by atoms with E-state index in [1.807, 2.05) is 18.2 Å². The normalized spacial score (nSPS) is 24.9. The van der Waals surface area contributed by atoms with Crippen molar-refractivity contribution in [1.29, 1.82) is 0 Å². The van der Waals surface area contributed by atoms with Gasteiger partial charge in [-0.2, -0.15) is 4.31 Å². The lowest BCUT2D eigenvalue weighted by molar-refractivity contribution is -0.180. The lowest BCUT2D eigenvalue weighted by Gasteiger charge is -2.59. The molecular formula is C23H27N3O3S. The lowest BCUT2D eigenvalue weighted by Crippen LogP contribution is -2.66. The predicted molar refractivity (Wildman–Crippen MR) is 113 cm³/mol. The van der Waals surface area contributed by atoms with Crippen molar-refractivity contribution in [2.45, 2.75) is 55.5 Å². The average Bonchev–Trinajstić information content (AvgIpc) is 3.31. The molecule has 1 saturated carbocycles. The number of aromatic nitrogens is 1. The summed E-state index contributed by atoms with van der Waals surface area (Å²) in [5, 5.41) is 0. The lowest BCUT2D eigenvalue weighted by atomic mass is 9.65. The van der Waals surface area contributed by atoms with E-state index >= 15 is 0 Å². The molecule has 6 nitrogen and oxygen atoms in total. The molecular weight excluding hydrogens is 398 g/mol. The van der Waals surface area contributed by atoms with Gasteiger partial charge in [-0.25, -0.2) is 8.42 Å². The minimum Gasteiger partial charge on any atom is -0.331 e. The molecule has 2 saturated heterocycles. The third-order valence-electron chi connectivity index (χ3n) is 7.16. The van der Waals surface area contributed by atoms with Crippen molar-refractivity contribution in [3.8, 4) is 0 Å². The van der Waals surface area contributed by atoms with Crippen molar-refractivity contribution in [2.75, 3.05) is 13.1 Å². The number of carbonyl (C=O) groups is 1. The average molecular weight is 426 g/mol. The van der Waals surface area contributed by atoms with Gasteiger partial charge in [0.05, 0.1) is 11.5 Å². The van der Waals surface area contributed by atoms with Crippen LogP contribution in [-0.4, -0.2) is 47.6 Å². The van der Waals surface area contributed by atoms with Gasteiger partial charge in [0.25, 0.3) is 0 Å². The van der Waals surface area contributed by atoms with Crippen LogP contribution in [0, 0.1) is 5.41 Å². The molecule has 1 aromatic heterocycles. The Balaban J connectivity index is 1.35. The van der Waals surface area contributed by atoms with Gasteiger partial charge < -0.3 is 4.90 Å². The van der Waals surface area contributed by atoms with E-state index in [2.05, 4.69) is 22.0 Å². The Morgan fingerprint density at radius 3 is 2.30 bits per heavy atom. The number of carbonyl (C=O) groups excluding carboxylic acids is 1. The van der Waals surface area contributed by atoms with Crippen LogP contribution < -0.4 is 0 Å². The van der Waals surface area contributed by atoms with Crippen LogP contribution in [-0.2, 0) is 14.8 Å². The van der Waals surface area contributed by atoms with Crippen LogP contribution in [0.2, 0.25) is 0 Å². The molecule has 7 heteroatoms. The van der Waals surface area contributed by atoms with E-state index in [1.54, 1.807) is 18.3 Å². The minimum atomic E-state index is -3.53. The van der Waals surface area contributed by atoms with E-state index < -0.39 is 10.0 Å². The molecule has 1 atom stereocenters. The Bertz CT molecular complexity index is 1010. The van der Waals surface area contributed by atoms with Crippen LogP contribution in [0.25, 0.3) is 0 Å². The molecule has 1 aromatic carbocycles. The first-order valence-electron chi connectivity index (χ1n) is 10.8. The first-order valence-corrected chi connectivity index (χ1v) is 12.3.